The van der Waals surface area contributed by atoms with Gasteiger partial charge in [-0.3, -0.25) is 14.7 Å². The number of H-pyrrole nitrogens is 1. The van der Waals surface area contributed by atoms with Crippen molar-refractivity contribution in [1.82, 2.24) is 20.4 Å². The van der Waals surface area contributed by atoms with Crippen LogP contribution >= 0.6 is 0 Å². The number of anilines is 1. The molecule has 180 valence electrons. The van der Waals surface area contributed by atoms with Gasteiger partial charge in [-0.05, 0) is 36.6 Å². The van der Waals surface area contributed by atoms with Crippen molar-refractivity contribution in [3.63, 3.8) is 0 Å². The molecular weight excluding hydrogens is 430 g/mol. The maximum atomic E-state index is 13.0. The number of amides is 1. The van der Waals surface area contributed by atoms with Gasteiger partial charge in [0.05, 0.1) is 12.1 Å². The fourth-order valence-electron chi connectivity index (χ4n) is 3.74. The molecule has 0 saturated heterocycles. The summed E-state index contributed by atoms with van der Waals surface area (Å²) in [7, 11) is 3.98. The van der Waals surface area contributed by atoms with Crippen LogP contribution in [0.2, 0.25) is 0 Å². The van der Waals surface area contributed by atoms with Gasteiger partial charge < -0.3 is 20.6 Å². The van der Waals surface area contributed by atoms with Gasteiger partial charge in [-0.1, -0.05) is 49.0 Å². The Balaban J connectivity index is 1.70. The topological polar surface area (TPSA) is 102 Å². The van der Waals surface area contributed by atoms with Crippen LogP contribution in [-0.2, 0) is 13.0 Å². The van der Waals surface area contributed by atoms with Crippen LogP contribution in [0.3, 0.4) is 0 Å². The van der Waals surface area contributed by atoms with E-state index in [1.54, 1.807) is 6.92 Å². The summed E-state index contributed by atoms with van der Waals surface area (Å²) in [5.74, 6) is -0.450. The monoisotopic (exact) mass is 463 g/mol. The van der Waals surface area contributed by atoms with Crippen LogP contribution in [0.4, 0.5) is 5.69 Å². The standard InChI is InChI=1S/C26H33N5O3/c1-5-31-26(34)18(2)24(29-31)25(33)28-22(15-19-10-7-6-8-11-19)23(32)17-27-16-20-12-9-13-21(14-20)30(3)4/h5-14,22-23,27,29,32H,1,15-17H2,2-4H3,(H,28,33)/t22-,23+/m0/s1. The third-order valence-corrected chi connectivity index (χ3v) is 5.75. The SMILES string of the molecule is C=Cn1[nH]c(C(=O)N[C@@H](Cc2ccccc2)[C@H](O)CNCc2cccc(N(C)C)c2)c(C)c1=O. The molecule has 2 aromatic carbocycles. The van der Waals surface area contributed by atoms with Crippen molar-refractivity contribution in [1.29, 1.82) is 0 Å². The molecule has 0 radical (unpaired) electrons. The van der Waals surface area contributed by atoms with Crippen LogP contribution in [0.1, 0.15) is 27.2 Å². The first-order valence-corrected chi connectivity index (χ1v) is 11.2. The molecule has 0 aliphatic heterocycles. The molecule has 2 atom stereocenters. The van der Waals surface area contributed by atoms with E-state index in [2.05, 4.69) is 28.4 Å². The summed E-state index contributed by atoms with van der Waals surface area (Å²) in [6.07, 6.45) is 0.906. The average Bonchev–Trinajstić information content (AvgIpc) is 3.13. The maximum absolute atomic E-state index is 13.0. The number of aromatic nitrogens is 2. The van der Waals surface area contributed by atoms with Gasteiger partial charge in [0.1, 0.15) is 5.69 Å². The van der Waals surface area contributed by atoms with Crippen LogP contribution < -0.4 is 21.1 Å². The van der Waals surface area contributed by atoms with Gasteiger partial charge in [0, 0.05) is 44.6 Å². The predicted molar refractivity (Wildman–Crippen MR) is 136 cm³/mol. The average molecular weight is 464 g/mol. The number of aliphatic hydroxyl groups is 1. The van der Waals surface area contributed by atoms with Crippen LogP contribution in [0, 0.1) is 6.92 Å². The van der Waals surface area contributed by atoms with E-state index in [0.29, 0.717) is 18.5 Å². The number of hydrogen-bond donors (Lipinski definition) is 4. The third-order valence-electron chi connectivity index (χ3n) is 5.75. The zero-order chi connectivity index (χ0) is 24.7. The van der Waals surface area contributed by atoms with E-state index in [1.165, 1.54) is 6.20 Å². The van der Waals surface area contributed by atoms with Crippen LogP contribution in [0.25, 0.3) is 6.20 Å². The highest BCUT2D eigenvalue weighted by atomic mass is 16.3. The quantitative estimate of drug-likeness (QED) is 0.349. The highest BCUT2D eigenvalue weighted by Crippen LogP contribution is 2.13. The minimum Gasteiger partial charge on any atom is -0.390 e. The second kappa shape index (κ2) is 11.5. The second-order valence-electron chi connectivity index (χ2n) is 8.50. The molecule has 8 heteroatoms. The summed E-state index contributed by atoms with van der Waals surface area (Å²) in [4.78, 5) is 27.2. The molecule has 0 spiro atoms. The minimum atomic E-state index is -0.852. The number of rotatable bonds is 11. The molecule has 0 fully saturated rings. The molecule has 0 aliphatic carbocycles. The summed E-state index contributed by atoms with van der Waals surface area (Å²) in [6.45, 7) is 6.02. The fraction of sp³-hybridized carbons (Fsp3) is 0.308. The molecule has 34 heavy (non-hydrogen) atoms. The molecule has 0 bridgehead atoms. The van der Waals surface area contributed by atoms with Crippen LogP contribution in [0.5, 0.6) is 0 Å². The van der Waals surface area contributed by atoms with Crippen molar-refractivity contribution < 1.29 is 9.90 Å². The Hall–Kier alpha value is -3.62. The Morgan fingerprint density at radius 1 is 1.18 bits per heavy atom. The highest BCUT2D eigenvalue weighted by Gasteiger charge is 2.25. The Bertz CT molecular complexity index is 1170. The number of nitrogens with one attached hydrogen (secondary N) is 3. The Morgan fingerprint density at radius 2 is 1.88 bits per heavy atom. The lowest BCUT2D eigenvalue weighted by Gasteiger charge is -2.25. The summed E-state index contributed by atoms with van der Waals surface area (Å²) in [5, 5.41) is 19.9. The molecule has 0 aliphatic rings. The first-order valence-electron chi connectivity index (χ1n) is 11.2. The molecule has 4 N–H and O–H groups in total. The van der Waals surface area contributed by atoms with Crippen molar-refractivity contribution in [3.8, 4) is 0 Å². The van der Waals surface area contributed by atoms with Gasteiger partial charge in [-0.25, -0.2) is 4.68 Å². The number of hydrogen-bond acceptors (Lipinski definition) is 5. The van der Waals surface area contributed by atoms with E-state index in [0.717, 1.165) is 21.5 Å². The summed E-state index contributed by atoms with van der Waals surface area (Å²) >= 11 is 0. The molecule has 8 nitrogen and oxygen atoms in total. The molecule has 3 aromatic rings. The largest absolute Gasteiger partial charge is 0.390 e. The number of carbonyl (C=O) groups is 1. The molecule has 3 rings (SSSR count). The Labute approximate surface area is 199 Å². The molecule has 1 heterocycles. The zero-order valence-electron chi connectivity index (χ0n) is 19.9. The van der Waals surface area contributed by atoms with Crippen molar-refractivity contribution >= 4 is 17.8 Å². The number of aliphatic hydroxyl groups excluding tert-OH is 1. The van der Waals surface area contributed by atoms with Gasteiger partial charge in [0.15, 0.2) is 0 Å². The fourth-order valence-corrected chi connectivity index (χ4v) is 3.74. The van der Waals surface area contributed by atoms with Gasteiger partial charge in [0.25, 0.3) is 11.5 Å². The van der Waals surface area contributed by atoms with Crippen LogP contribution in [0.15, 0.2) is 66.0 Å². The molecule has 1 amide bonds. The van der Waals surface area contributed by atoms with Gasteiger partial charge in [-0.15, -0.1) is 0 Å². The van der Waals surface area contributed by atoms with Gasteiger partial charge >= 0.3 is 0 Å². The summed E-state index contributed by atoms with van der Waals surface area (Å²) < 4.78 is 1.16. The van der Waals surface area contributed by atoms with Gasteiger partial charge in [-0.2, -0.15) is 0 Å². The molecule has 0 saturated carbocycles. The van der Waals surface area contributed by atoms with E-state index in [9.17, 15) is 14.7 Å². The number of nitrogens with zero attached hydrogens (tertiary/aromatic N) is 2. The van der Waals surface area contributed by atoms with E-state index < -0.39 is 18.1 Å². The first-order chi connectivity index (χ1) is 16.3. The van der Waals surface area contributed by atoms with Crippen molar-refractivity contribution in [2.45, 2.75) is 32.0 Å². The Kier molecular flexibility index (Phi) is 8.45. The van der Waals surface area contributed by atoms with Crippen LogP contribution in [-0.4, -0.2) is 53.6 Å². The van der Waals surface area contributed by atoms with E-state index in [1.807, 2.05) is 67.5 Å². The van der Waals surface area contributed by atoms with E-state index in [-0.39, 0.29) is 17.8 Å². The number of benzene rings is 2. The molecule has 0 unspecified atom stereocenters. The lowest BCUT2D eigenvalue weighted by Crippen LogP contribution is -2.49. The number of aromatic amines is 1. The van der Waals surface area contributed by atoms with Gasteiger partial charge in [0.2, 0.25) is 0 Å². The Morgan fingerprint density at radius 3 is 2.53 bits per heavy atom. The minimum absolute atomic E-state index is 0.156. The number of carbonyl (C=O) groups excluding carboxylic acids is 1. The lowest BCUT2D eigenvalue weighted by atomic mass is 10.0. The van der Waals surface area contributed by atoms with E-state index in [4.69, 9.17) is 0 Å². The lowest BCUT2D eigenvalue weighted by molar-refractivity contribution is 0.0824. The van der Waals surface area contributed by atoms with Crippen molar-refractivity contribution in [2.75, 3.05) is 25.5 Å². The molecular formula is C26H33N5O3. The highest BCUT2D eigenvalue weighted by molar-refractivity contribution is 5.93. The maximum Gasteiger partial charge on any atom is 0.274 e. The molecule has 1 aromatic heterocycles. The predicted octanol–water partition coefficient (Wildman–Crippen LogP) is 2.14. The second-order valence-corrected chi connectivity index (χ2v) is 8.50. The summed E-state index contributed by atoms with van der Waals surface area (Å²) in [6, 6.07) is 17.3. The third kappa shape index (κ3) is 6.24. The van der Waals surface area contributed by atoms with Crippen molar-refractivity contribution in [3.05, 3.63) is 93.9 Å². The van der Waals surface area contributed by atoms with Crippen molar-refractivity contribution in [2.24, 2.45) is 0 Å². The normalized spacial score (nSPS) is 12.7. The summed E-state index contributed by atoms with van der Waals surface area (Å²) in [5.41, 5.74) is 3.31. The smallest absolute Gasteiger partial charge is 0.274 e. The van der Waals surface area contributed by atoms with E-state index >= 15 is 0 Å². The first kappa shape index (κ1) is 25.0. The zero-order valence-corrected chi connectivity index (χ0v) is 19.9.